The van der Waals surface area contributed by atoms with Crippen molar-refractivity contribution in [1.29, 1.82) is 0 Å². The monoisotopic (exact) mass is 437 g/mol. The molecule has 0 bridgehead atoms. The van der Waals surface area contributed by atoms with E-state index in [9.17, 15) is 8.42 Å². The van der Waals surface area contributed by atoms with Gasteiger partial charge in [0.05, 0.1) is 11.0 Å². The van der Waals surface area contributed by atoms with E-state index in [1.807, 2.05) is 12.3 Å². The summed E-state index contributed by atoms with van der Waals surface area (Å²) >= 11 is 0. The molecule has 1 saturated carbocycles. The molecule has 0 amide bonds. The molecule has 1 aliphatic heterocycles. The number of pyridine rings is 1. The molecule has 0 unspecified atom stereocenters. The van der Waals surface area contributed by atoms with Crippen molar-refractivity contribution < 1.29 is 8.42 Å². The van der Waals surface area contributed by atoms with Crippen molar-refractivity contribution in [3.05, 3.63) is 48.5 Å². The Hall–Kier alpha value is -2.74. The SMILES string of the molecule is CC(C)c1ccc(N2CC(CS(=O)(=O)C3CC3)C2)c2cnc(Nc3ccncn3)cc12. The molecule has 0 atom stereocenters. The van der Waals surface area contributed by atoms with Crippen molar-refractivity contribution in [2.45, 2.75) is 37.9 Å². The van der Waals surface area contributed by atoms with Crippen LogP contribution in [-0.4, -0.2) is 47.5 Å². The third-order valence-electron chi connectivity index (χ3n) is 6.17. The van der Waals surface area contributed by atoms with E-state index in [0.717, 1.165) is 48.2 Å². The van der Waals surface area contributed by atoms with E-state index < -0.39 is 9.84 Å². The van der Waals surface area contributed by atoms with Gasteiger partial charge in [0.2, 0.25) is 0 Å². The maximum atomic E-state index is 12.3. The number of nitrogens with one attached hydrogen (secondary N) is 1. The lowest BCUT2D eigenvalue weighted by Crippen LogP contribution is -2.50. The average molecular weight is 438 g/mol. The normalized spacial score (nSPS) is 17.2. The summed E-state index contributed by atoms with van der Waals surface area (Å²) in [6.45, 7) is 5.94. The highest BCUT2D eigenvalue weighted by atomic mass is 32.2. The van der Waals surface area contributed by atoms with Gasteiger partial charge in [-0.05, 0) is 47.9 Å². The van der Waals surface area contributed by atoms with E-state index >= 15 is 0 Å². The van der Waals surface area contributed by atoms with Crippen LogP contribution in [0.25, 0.3) is 10.8 Å². The molecular formula is C23H27N5O2S. The van der Waals surface area contributed by atoms with Crippen LogP contribution in [0, 0.1) is 5.92 Å². The van der Waals surface area contributed by atoms with Gasteiger partial charge < -0.3 is 10.2 Å². The van der Waals surface area contributed by atoms with Crippen LogP contribution in [0.5, 0.6) is 0 Å². The van der Waals surface area contributed by atoms with Gasteiger partial charge in [0.25, 0.3) is 0 Å². The van der Waals surface area contributed by atoms with Crippen LogP contribution in [0.1, 0.15) is 38.2 Å². The minimum atomic E-state index is -2.91. The Morgan fingerprint density at radius 2 is 1.90 bits per heavy atom. The number of sulfone groups is 1. The van der Waals surface area contributed by atoms with E-state index in [1.165, 1.54) is 11.9 Å². The van der Waals surface area contributed by atoms with Gasteiger partial charge in [-0.2, -0.15) is 0 Å². The number of benzene rings is 1. The molecule has 1 aromatic carbocycles. The molecule has 162 valence electrons. The first-order chi connectivity index (χ1) is 14.9. The van der Waals surface area contributed by atoms with E-state index in [-0.39, 0.29) is 11.2 Å². The van der Waals surface area contributed by atoms with Gasteiger partial charge in [-0.3, -0.25) is 0 Å². The van der Waals surface area contributed by atoms with Crippen LogP contribution >= 0.6 is 0 Å². The number of fused-ring (bicyclic) bond motifs is 1. The van der Waals surface area contributed by atoms with Gasteiger partial charge in [-0.25, -0.2) is 23.4 Å². The number of hydrogen-bond acceptors (Lipinski definition) is 7. The van der Waals surface area contributed by atoms with Crippen molar-refractivity contribution in [3.63, 3.8) is 0 Å². The first-order valence-electron chi connectivity index (χ1n) is 10.8. The molecule has 2 aromatic heterocycles. The lowest BCUT2D eigenvalue weighted by molar-refractivity contribution is 0.444. The Morgan fingerprint density at radius 1 is 1.10 bits per heavy atom. The highest BCUT2D eigenvalue weighted by Gasteiger charge is 2.40. The molecule has 1 N–H and O–H groups in total. The third kappa shape index (κ3) is 4.08. The van der Waals surface area contributed by atoms with Crippen LogP contribution in [0.15, 0.2) is 43.0 Å². The number of aromatic nitrogens is 3. The summed E-state index contributed by atoms with van der Waals surface area (Å²) < 4.78 is 24.6. The maximum absolute atomic E-state index is 12.3. The summed E-state index contributed by atoms with van der Waals surface area (Å²) in [6.07, 6.45) is 6.80. The molecule has 2 aliphatic rings. The molecule has 5 rings (SSSR count). The molecule has 8 heteroatoms. The van der Waals surface area contributed by atoms with Gasteiger partial charge in [-0.15, -0.1) is 0 Å². The second kappa shape index (κ2) is 7.75. The lowest BCUT2D eigenvalue weighted by Gasteiger charge is -2.41. The summed E-state index contributed by atoms with van der Waals surface area (Å²) in [5.74, 6) is 2.35. The topological polar surface area (TPSA) is 88.1 Å². The minimum Gasteiger partial charge on any atom is -0.370 e. The Balaban J connectivity index is 1.41. The third-order valence-corrected chi connectivity index (χ3v) is 8.59. The molecule has 0 radical (unpaired) electrons. The summed E-state index contributed by atoms with van der Waals surface area (Å²) in [5.41, 5.74) is 2.39. The smallest absolute Gasteiger partial charge is 0.153 e. The molecule has 1 aliphatic carbocycles. The fraction of sp³-hybridized carbons (Fsp3) is 0.435. The van der Waals surface area contributed by atoms with Gasteiger partial charge in [0.15, 0.2) is 9.84 Å². The number of anilines is 3. The largest absolute Gasteiger partial charge is 0.370 e. The zero-order valence-corrected chi connectivity index (χ0v) is 18.6. The summed E-state index contributed by atoms with van der Waals surface area (Å²) in [7, 11) is -2.91. The first kappa shape index (κ1) is 20.2. The molecule has 3 heterocycles. The molecule has 31 heavy (non-hydrogen) atoms. The number of rotatable bonds is 7. The van der Waals surface area contributed by atoms with Crippen molar-refractivity contribution >= 4 is 37.9 Å². The average Bonchev–Trinajstić information content (AvgIpc) is 3.56. The summed E-state index contributed by atoms with van der Waals surface area (Å²) in [6, 6.07) is 8.22. The van der Waals surface area contributed by atoms with Crippen molar-refractivity contribution in [2.75, 3.05) is 29.1 Å². The lowest BCUT2D eigenvalue weighted by atomic mass is 9.93. The molecule has 7 nitrogen and oxygen atoms in total. The van der Waals surface area contributed by atoms with Crippen LogP contribution in [0.3, 0.4) is 0 Å². The van der Waals surface area contributed by atoms with E-state index in [0.29, 0.717) is 17.5 Å². The van der Waals surface area contributed by atoms with Crippen LogP contribution in [0.4, 0.5) is 17.3 Å². The maximum Gasteiger partial charge on any atom is 0.153 e. The quantitative estimate of drug-likeness (QED) is 0.600. The highest BCUT2D eigenvalue weighted by molar-refractivity contribution is 7.92. The standard InChI is InChI=1S/C23H27N5O2S/c1-15(2)18-5-6-21(28-11-16(12-28)13-31(29,30)17-3-4-17)20-10-25-23(9-19(18)20)27-22-7-8-24-14-26-22/h5-10,14-17H,3-4,11-13H2,1-2H3,(H,24,25,26,27). The Morgan fingerprint density at radius 3 is 2.58 bits per heavy atom. The number of nitrogens with zero attached hydrogens (tertiary/aromatic N) is 4. The first-order valence-corrected chi connectivity index (χ1v) is 12.5. The van der Waals surface area contributed by atoms with E-state index in [2.05, 4.69) is 57.2 Å². The van der Waals surface area contributed by atoms with Crippen LogP contribution in [0.2, 0.25) is 0 Å². The predicted octanol–water partition coefficient (Wildman–Crippen LogP) is 3.91. The van der Waals surface area contributed by atoms with Gasteiger partial charge >= 0.3 is 0 Å². The van der Waals surface area contributed by atoms with E-state index in [4.69, 9.17) is 0 Å². The van der Waals surface area contributed by atoms with Crippen molar-refractivity contribution in [2.24, 2.45) is 5.92 Å². The molecule has 3 aromatic rings. The zero-order valence-electron chi connectivity index (χ0n) is 17.8. The van der Waals surface area contributed by atoms with Crippen molar-refractivity contribution in [1.82, 2.24) is 15.0 Å². The van der Waals surface area contributed by atoms with Gasteiger partial charge in [0.1, 0.15) is 18.0 Å². The molecular weight excluding hydrogens is 410 g/mol. The summed E-state index contributed by atoms with van der Waals surface area (Å²) in [4.78, 5) is 15.1. The van der Waals surface area contributed by atoms with Crippen LogP contribution in [-0.2, 0) is 9.84 Å². The van der Waals surface area contributed by atoms with Crippen LogP contribution < -0.4 is 10.2 Å². The fourth-order valence-corrected chi connectivity index (χ4v) is 6.35. The molecule has 0 spiro atoms. The van der Waals surface area contributed by atoms with Crippen molar-refractivity contribution in [3.8, 4) is 0 Å². The second-order valence-corrected chi connectivity index (χ2v) is 11.3. The molecule has 1 saturated heterocycles. The number of hydrogen-bond donors (Lipinski definition) is 1. The van der Waals surface area contributed by atoms with Gasteiger partial charge in [-0.1, -0.05) is 19.9 Å². The van der Waals surface area contributed by atoms with E-state index in [1.54, 1.807) is 6.20 Å². The van der Waals surface area contributed by atoms with Gasteiger partial charge in [0, 0.05) is 42.5 Å². The highest BCUT2D eigenvalue weighted by Crippen LogP contribution is 2.38. The second-order valence-electron chi connectivity index (χ2n) is 8.96. The minimum absolute atomic E-state index is 0.0716. The Labute approximate surface area is 182 Å². The fourth-order valence-electron chi connectivity index (χ4n) is 4.35. The molecule has 2 fully saturated rings. The Bertz CT molecular complexity index is 1200. The summed E-state index contributed by atoms with van der Waals surface area (Å²) in [5, 5.41) is 5.43. The Kier molecular flexibility index (Phi) is 5.04. The predicted molar refractivity (Wildman–Crippen MR) is 124 cm³/mol. The zero-order chi connectivity index (χ0) is 21.6.